The van der Waals surface area contributed by atoms with E-state index in [1.165, 1.54) is 0 Å². The quantitative estimate of drug-likeness (QED) is 0.695. The lowest BCUT2D eigenvalue weighted by Gasteiger charge is -2.24. The van der Waals surface area contributed by atoms with Crippen molar-refractivity contribution in [3.8, 4) is 0 Å². The number of rotatable bonds is 7. The number of carbonyl (C=O) groups excluding carboxylic acids is 2. The van der Waals surface area contributed by atoms with E-state index < -0.39 is 11.3 Å². The van der Waals surface area contributed by atoms with Gasteiger partial charge in [-0.2, -0.15) is 0 Å². The standard InChI is InChI=1S/C22H26O2/c1-22(2,3)21(24)19(16-18-12-8-5-9-13-18)20(23)15-14-17-10-6-4-7-11-17/h4-13,19H,14-16H2,1-3H3. The predicted molar refractivity (Wildman–Crippen MR) is 97.9 cm³/mol. The molecule has 0 saturated heterocycles. The van der Waals surface area contributed by atoms with Gasteiger partial charge < -0.3 is 0 Å². The Labute approximate surface area is 144 Å². The first-order valence-corrected chi connectivity index (χ1v) is 8.53. The lowest BCUT2D eigenvalue weighted by Crippen LogP contribution is -2.35. The fraction of sp³-hybridized carbons (Fsp3) is 0.364. The highest BCUT2D eigenvalue weighted by molar-refractivity contribution is 6.04. The van der Waals surface area contributed by atoms with E-state index in [-0.39, 0.29) is 11.6 Å². The van der Waals surface area contributed by atoms with Gasteiger partial charge in [0.1, 0.15) is 11.6 Å². The van der Waals surface area contributed by atoms with Crippen molar-refractivity contribution < 1.29 is 9.59 Å². The fourth-order valence-corrected chi connectivity index (χ4v) is 2.81. The largest absolute Gasteiger partial charge is 0.299 e. The maximum absolute atomic E-state index is 12.8. The smallest absolute Gasteiger partial charge is 0.148 e. The molecule has 0 saturated carbocycles. The van der Waals surface area contributed by atoms with Crippen molar-refractivity contribution in [2.45, 2.75) is 40.0 Å². The van der Waals surface area contributed by atoms with Crippen molar-refractivity contribution in [3.05, 3.63) is 71.8 Å². The predicted octanol–water partition coefficient (Wildman–Crippen LogP) is 4.66. The molecular formula is C22H26O2. The van der Waals surface area contributed by atoms with Crippen LogP contribution in [0.1, 0.15) is 38.3 Å². The summed E-state index contributed by atoms with van der Waals surface area (Å²) >= 11 is 0. The normalized spacial score (nSPS) is 12.6. The molecule has 24 heavy (non-hydrogen) atoms. The van der Waals surface area contributed by atoms with E-state index in [0.29, 0.717) is 19.3 Å². The van der Waals surface area contributed by atoms with E-state index in [1.54, 1.807) is 0 Å². The van der Waals surface area contributed by atoms with Gasteiger partial charge >= 0.3 is 0 Å². The average molecular weight is 322 g/mol. The highest BCUT2D eigenvalue weighted by Crippen LogP contribution is 2.25. The van der Waals surface area contributed by atoms with E-state index in [1.807, 2.05) is 81.4 Å². The van der Waals surface area contributed by atoms with E-state index in [2.05, 4.69) is 0 Å². The second-order valence-electron chi connectivity index (χ2n) is 7.31. The Balaban J connectivity index is 2.12. The summed E-state index contributed by atoms with van der Waals surface area (Å²) in [5.41, 5.74) is 1.66. The van der Waals surface area contributed by atoms with Gasteiger partial charge in [0, 0.05) is 11.8 Å². The first kappa shape index (κ1) is 18.1. The summed E-state index contributed by atoms with van der Waals surface area (Å²) in [4.78, 5) is 25.6. The molecule has 126 valence electrons. The second-order valence-corrected chi connectivity index (χ2v) is 7.31. The molecule has 0 bridgehead atoms. The molecule has 0 heterocycles. The first-order chi connectivity index (χ1) is 11.4. The van der Waals surface area contributed by atoms with Gasteiger partial charge in [-0.05, 0) is 24.0 Å². The van der Waals surface area contributed by atoms with Gasteiger partial charge in [0.25, 0.3) is 0 Å². The van der Waals surface area contributed by atoms with Crippen molar-refractivity contribution in [1.82, 2.24) is 0 Å². The van der Waals surface area contributed by atoms with Crippen LogP contribution >= 0.6 is 0 Å². The average Bonchev–Trinajstić information content (AvgIpc) is 2.58. The van der Waals surface area contributed by atoms with Crippen LogP contribution in [0.2, 0.25) is 0 Å². The van der Waals surface area contributed by atoms with E-state index in [9.17, 15) is 9.59 Å². The van der Waals surface area contributed by atoms with Gasteiger partial charge in [-0.25, -0.2) is 0 Å². The Bertz CT molecular complexity index is 666. The number of carbonyl (C=O) groups is 2. The summed E-state index contributed by atoms with van der Waals surface area (Å²) in [5, 5.41) is 0. The fourth-order valence-electron chi connectivity index (χ4n) is 2.81. The lowest BCUT2D eigenvalue weighted by atomic mass is 9.77. The minimum Gasteiger partial charge on any atom is -0.299 e. The van der Waals surface area contributed by atoms with E-state index in [4.69, 9.17) is 0 Å². The van der Waals surface area contributed by atoms with Gasteiger partial charge in [-0.15, -0.1) is 0 Å². The zero-order chi connectivity index (χ0) is 17.6. The van der Waals surface area contributed by atoms with Crippen molar-refractivity contribution in [1.29, 1.82) is 0 Å². The SMILES string of the molecule is CC(C)(C)C(=O)C(Cc1ccccc1)C(=O)CCc1ccccc1. The molecule has 0 fully saturated rings. The van der Waals surface area contributed by atoms with E-state index in [0.717, 1.165) is 11.1 Å². The number of Topliss-reactive ketones (excluding diaryl/α,β-unsaturated/α-hetero) is 2. The Morgan fingerprint density at radius 2 is 1.33 bits per heavy atom. The summed E-state index contributed by atoms with van der Waals surface area (Å²) in [5.74, 6) is -0.483. The van der Waals surface area contributed by atoms with Gasteiger partial charge in [-0.3, -0.25) is 9.59 Å². The van der Waals surface area contributed by atoms with Crippen LogP contribution in [-0.4, -0.2) is 11.6 Å². The summed E-state index contributed by atoms with van der Waals surface area (Å²) < 4.78 is 0. The third kappa shape index (κ3) is 5.16. The molecule has 0 radical (unpaired) electrons. The minimum atomic E-state index is -0.559. The molecule has 0 aromatic heterocycles. The highest BCUT2D eigenvalue weighted by Gasteiger charge is 2.34. The summed E-state index contributed by atoms with van der Waals surface area (Å²) in [6.07, 6.45) is 1.58. The van der Waals surface area contributed by atoms with Crippen LogP contribution in [0.4, 0.5) is 0 Å². The van der Waals surface area contributed by atoms with Crippen LogP contribution in [0.25, 0.3) is 0 Å². The number of hydrogen-bond donors (Lipinski definition) is 0. The Hall–Kier alpha value is -2.22. The number of hydrogen-bond acceptors (Lipinski definition) is 2. The Kier molecular flexibility index (Phi) is 6.08. The van der Waals surface area contributed by atoms with Crippen LogP contribution in [0.15, 0.2) is 60.7 Å². The molecule has 0 aliphatic heterocycles. The maximum atomic E-state index is 12.8. The summed E-state index contributed by atoms with van der Waals surface area (Å²) in [6.45, 7) is 5.66. The maximum Gasteiger partial charge on any atom is 0.148 e. The lowest BCUT2D eigenvalue weighted by molar-refractivity contribution is -0.137. The van der Waals surface area contributed by atoms with Crippen molar-refractivity contribution in [2.75, 3.05) is 0 Å². The van der Waals surface area contributed by atoms with Gasteiger partial charge in [0.2, 0.25) is 0 Å². The molecule has 0 amide bonds. The molecule has 2 aromatic carbocycles. The molecule has 2 heteroatoms. The molecule has 0 aliphatic rings. The molecule has 1 atom stereocenters. The molecule has 2 nitrogen and oxygen atoms in total. The van der Waals surface area contributed by atoms with Gasteiger partial charge in [0.15, 0.2) is 0 Å². The minimum absolute atomic E-state index is 0.0319. The summed E-state index contributed by atoms with van der Waals surface area (Å²) in [7, 11) is 0. The topological polar surface area (TPSA) is 34.1 Å². The van der Waals surface area contributed by atoms with Crippen LogP contribution in [0, 0.1) is 11.3 Å². The number of benzene rings is 2. The molecule has 0 N–H and O–H groups in total. The zero-order valence-electron chi connectivity index (χ0n) is 14.8. The third-order valence-corrected chi connectivity index (χ3v) is 4.23. The molecule has 0 aliphatic carbocycles. The van der Waals surface area contributed by atoms with Crippen molar-refractivity contribution in [3.63, 3.8) is 0 Å². The molecule has 2 aromatic rings. The zero-order valence-corrected chi connectivity index (χ0v) is 14.8. The molecule has 2 rings (SSSR count). The number of aryl methyl sites for hydroxylation is 1. The molecule has 1 unspecified atom stereocenters. The van der Waals surface area contributed by atoms with E-state index >= 15 is 0 Å². The highest BCUT2D eigenvalue weighted by atomic mass is 16.2. The first-order valence-electron chi connectivity index (χ1n) is 8.53. The van der Waals surface area contributed by atoms with Gasteiger partial charge in [-0.1, -0.05) is 81.4 Å². The van der Waals surface area contributed by atoms with Crippen molar-refractivity contribution in [2.24, 2.45) is 11.3 Å². The second kappa shape index (κ2) is 8.05. The Morgan fingerprint density at radius 3 is 1.83 bits per heavy atom. The van der Waals surface area contributed by atoms with Crippen molar-refractivity contribution >= 4 is 11.6 Å². The van der Waals surface area contributed by atoms with Crippen LogP contribution in [-0.2, 0) is 22.4 Å². The van der Waals surface area contributed by atoms with Gasteiger partial charge in [0.05, 0.1) is 5.92 Å². The number of ketones is 2. The Morgan fingerprint density at radius 1 is 0.833 bits per heavy atom. The van der Waals surface area contributed by atoms with Crippen LogP contribution < -0.4 is 0 Å². The molecule has 0 spiro atoms. The third-order valence-electron chi connectivity index (χ3n) is 4.23. The monoisotopic (exact) mass is 322 g/mol. The summed E-state index contributed by atoms with van der Waals surface area (Å²) in [6, 6.07) is 19.7. The van der Waals surface area contributed by atoms with Crippen LogP contribution in [0.3, 0.4) is 0 Å². The molecular weight excluding hydrogens is 296 g/mol. The van der Waals surface area contributed by atoms with Crippen LogP contribution in [0.5, 0.6) is 0 Å².